The van der Waals surface area contributed by atoms with Crippen LogP contribution < -0.4 is 0 Å². The molecule has 1 fully saturated rings. The smallest absolute Gasteiger partial charge is 0.337 e. The van der Waals surface area contributed by atoms with Crippen LogP contribution in [-0.2, 0) is 24.6 Å². The number of carbonyl (C=O) groups excluding carboxylic acids is 2. The summed E-state index contributed by atoms with van der Waals surface area (Å²) in [6.45, 7) is 0.935. The molecule has 4 rings (SSSR count). The lowest BCUT2D eigenvalue weighted by Crippen LogP contribution is -2.68. The molecule has 0 unspecified atom stereocenters. The molecule has 0 bridgehead atoms. The Hall–Kier alpha value is -3.60. The van der Waals surface area contributed by atoms with E-state index in [-0.39, 0.29) is 26.1 Å². The highest BCUT2D eigenvalue weighted by atomic mass is 35.5. The van der Waals surface area contributed by atoms with Gasteiger partial charge in [-0.05, 0) is 47.5 Å². The zero-order chi connectivity index (χ0) is 27.6. The van der Waals surface area contributed by atoms with Gasteiger partial charge in [0, 0.05) is 36.7 Å². The highest BCUT2D eigenvalue weighted by Crippen LogP contribution is 2.40. The van der Waals surface area contributed by atoms with Crippen molar-refractivity contribution in [3.63, 3.8) is 0 Å². The van der Waals surface area contributed by atoms with Crippen LogP contribution in [0.3, 0.4) is 0 Å². The fraction of sp³-hybridized carbons (Fsp3) is 0.250. The zero-order valence-electron chi connectivity index (χ0n) is 20.3. The lowest BCUT2D eigenvalue weighted by molar-refractivity contribution is -0.165. The van der Waals surface area contributed by atoms with Crippen LogP contribution in [0.4, 0.5) is 8.78 Å². The van der Waals surface area contributed by atoms with E-state index < -0.39 is 50.4 Å². The molecule has 0 N–H and O–H groups in total. The second-order valence-corrected chi connectivity index (χ2v) is 10.1. The largest absolute Gasteiger partial charge is 0.465 e. The van der Waals surface area contributed by atoms with Gasteiger partial charge in [-0.15, -0.1) is 0 Å². The van der Waals surface area contributed by atoms with Crippen molar-refractivity contribution in [3.8, 4) is 0 Å². The van der Waals surface area contributed by atoms with Crippen LogP contribution in [0.1, 0.15) is 47.4 Å². The number of carbonyl (C=O) groups is 2. The van der Waals surface area contributed by atoms with E-state index in [4.69, 9.17) is 21.1 Å². The maximum atomic E-state index is 14.0. The molecule has 11 heteroatoms. The lowest BCUT2D eigenvalue weighted by atomic mass is 9.82. The van der Waals surface area contributed by atoms with Crippen molar-refractivity contribution in [2.75, 3.05) is 20.2 Å². The first kappa shape index (κ1) is 29.9. The number of likely N-dealkylation sites (tertiary alicyclic amines) is 1. The SMILES string of the molecule is C.COC(=O)c1ccc([C@H](c2ccc(Cl)cc2)N2CC(OC(C)=O)(C(c3cc(F)cc(F)c3)=S(=O)=O)C2)cc1. The van der Waals surface area contributed by atoms with Crippen molar-refractivity contribution in [1.82, 2.24) is 4.90 Å². The fourth-order valence-electron chi connectivity index (χ4n) is 4.70. The number of methoxy groups -OCH3 is 1. The van der Waals surface area contributed by atoms with Crippen LogP contribution in [0.15, 0.2) is 66.7 Å². The monoisotopic (exact) mass is 577 g/mol. The third-order valence-corrected chi connectivity index (χ3v) is 7.35. The van der Waals surface area contributed by atoms with E-state index in [0.717, 1.165) is 30.2 Å². The molecular weight excluding hydrogens is 552 g/mol. The molecule has 0 aliphatic carbocycles. The van der Waals surface area contributed by atoms with E-state index in [0.29, 0.717) is 16.7 Å². The van der Waals surface area contributed by atoms with Gasteiger partial charge >= 0.3 is 11.9 Å². The first-order valence-electron chi connectivity index (χ1n) is 11.3. The first-order chi connectivity index (χ1) is 18.0. The highest BCUT2D eigenvalue weighted by molar-refractivity contribution is 7.73. The summed E-state index contributed by atoms with van der Waals surface area (Å²) in [5, 5.41) is 0.511. The van der Waals surface area contributed by atoms with E-state index in [1.54, 1.807) is 48.5 Å². The van der Waals surface area contributed by atoms with Crippen molar-refractivity contribution in [2.24, 2.45) is 0 Å². The lowest BCUT2D eigenvalue weighted by Gasteiger charge is -2.52. The molecule has 3 aromatic rings. The molecule has 1 saturated heterocycles. The zero-order valence-corrected chi connectivity index (χ0v) is 21.9. The van der Waals surface area contributed by atoms with E-state index in [1.165, 1.54) is 7.11 Å². The van der Waals surface area contributed by atoms with Gasteiger partial charge in [0.05, 0.1) is 18.7 Å². The Labute approximate surface area is 231 Å². The molecule has 0 radical (unpaired) electrons. The Balaban J connectivity index is 0.00000420. The molecule has 0 spiro atoms. The molecule has 0 amide bonds. The summed E-state index contributed by atoms with van der Waals surface area (Å²) in [5.41, 5.74) is -0.0529. The maximum absolute atomic E-state index is 14.0. The minimum absolute atomic E-state index is 0. The first-order valence-corrected chi connectivity index (χ1v) is 12.8. The van der Waals surface area contributed by atoms with Gasteiger partial charge in [-0.3, -0.25) is 9.69 Å². The third kappa shape index (κ3) is 6.35. The summed E-state index contributed by atoms with van der Waals surface area (Å²) in [6, 6.07) is 15.6. The van der Waals surface area contributed by atoms with Crippen molar-refractivity contribution in [3.05, 3.63) is 106 Å². The van der Waals surface area contributed by atoms with Crippen molar-refractivity contribution >= 4 is 38.7 Å². The standard InChI is InChI=1S/C27H22ClF2NO6S.CH4/c1-16(32)37-27(25(38(34)35)20-11-22(29)13-23(30)12-20)14-31(15-27)24(18-7-9-21(28)10-8-18)17-3-5-19(6-4-17)26(33)36-2;/h3-13,24H,14-15H2,1-2H3;1H4/t24-;/m1./s1. The Morgan fingerprint density at radius 2 is 1.44 bits per heavy atom. The van der Waals surface area contributed by atoms with Gasteiger partial charge in [0.25, 0.3) is 0 Å². The van der Waals surface area contributed by atoms with E-state index in [1.807, 2.05) is 4.90 Å². The number of halogens is 3. The quantitative estimate of drug-likeness (QED) is 0.225. The predicted octanol–water partition coefficient (Wildman–Crippen LogP) is 4.85. The van der Waals surface area contributed by atoms with Gasteiger partial charge in [-0.25, -0.2) is 13.6 Å². The molecule has 0 saturated carbocycles. The molecule has 39 heavy (non-hydrogen) atoms. The number of benzene rings is 3. The van der Waals surface area contributed by atoms with E-state index in [2.05, 4.69) is 0 Å². The fourth-order valence-corrected chi connectivity index (χ4v) is 5.61. The van der Waals surface area contributed by atoms with Crippen LogP contribution in [0.2, 0.25) is 5.02 Å². The molecule has 0 aromatic heterocycles. The van der Waals surface area contributed by atoms with Crippen LogP contribution in [0.5, 0.6) is 0 Å². The number of ether oxygens (including phenoxy) is 2. The van der Waals surface area contributed by atoms with E-state index in [9.17, 15) is 26.8 Å². The Kier molecular flexibility index (Phi) is 9.26. The number of nitrogens with zero attached hydrogens (tertiary/aromatic N) is 1. The van der Waals surface area contributed by atoms with Gasteiger partial charge in [0.1, 0.15) is 16.5 Å². The van der Waals surface area contributed by atoms with Crippen LogP contribution in [-0.4, -0.2) is 55.9 Å². The third-order valence-electron chi connectivity index (χ3n) is 6.16. The second kappa shape index (κ2) is 12.1. The van der Waals surface area contributed by atoms with Crippen LogP contribution >= 0.6 is 11.6 Å². The van der Waals surface area contributed by atoms with Crippen molar-refractivity contribution in [1.29, 1.82) is 0 Å². The van der Waals surface area contributed by atoms with Crippen molar-refractivity contribution in [2.45, 2.75) is 26.0 Å². The summed E-state index contributed by atoms with van der Waals surface area (Å²) in [4.78, 5) is 25.4. The Morgan fingerprint density at radius 1 is 0.923 bits per heavy atom. The van der Waals surface area contributed by atoms with Crippen molar-refractivity contribution < 1.29 is 36.3 Å². The minimum Gasteiger partial charge on any atom is -0.465 e. The predicted molar refractivity (Wildman–Crippen MR) is 143 cm³/mol. The van der Waals surface area contributed by atoms with Crippen LogP contribution in [0.25, 0.3) is 0 Å². The molecule has 3 aromatic carbocycles. The summed E-state index contributed by atoms with van der Waals surface area (Å²) in [6.07, 6.45) is 0. The summed E-state index contributed by atoms with van der Waals surface area (Å²) < 4.78 is 63.1. The van der Waals surface area contributed by atoms with Gasteiger partial charge < -0.3 is 9.47 Å². The molecule has 1 atom stereocenters. The summed E-state index contributed by atoms with van der Waals surface area (Å²) >= 11 is 6.08. The second-order valence-electron chi connectivity index (χ2n) is 8.78. The molecule has 1 heterocycles. The Bertz CT molecular complexity index is 1490. The Morgan fingerprint density at radius 3 is 1.90 bits per heavy atom. The molecule has 1 aliphatic heterocycles. The average molecular weight is 578 g/mol. The molecule has 7 nitrogen and oxygen atoms in total. The minimum atomic E-state index is -2.97. The normalized spacial score (nSPS) is 14.8. The topological polar surface area (TPSA) is 90.0 Å². The number of hydrogen-bond acceptors (Lipinski definition) is 7. The number of rotatable bonds is 7. The molecule has 206 valence electrons. The highest BCUT2D eigenvalue weighted by Gasteiger charge is 2.54. The van der Waals surface area contributed by atoms with Gasteiger partial charge in [0.2, 0.25) is 10.3 Å². The molecule has 1 aliphatic rings. The summed E-state index contributed by atoms with van der Waals surface area (Å²) in [7, 11) is -1.70. The summed E-state index contributed by atoms with van der Waals surface area (Å²) in [5.74, 6) is -3.20. The maximum Gasteiger partial charge on any atom is 0.337 e. The number of esters is 2. The molecular formula is C28H26ClF2NO6S. The van der Waals surface area contributed by atoms with Gasteiger partial charge in [0.15, 0.2) is 5.60 Å². The van der Waals surface area contributed by atoms with E-state index >= 15 is 0 Å². The van der Waals surface area contributed by atoms with Gasteiger partial charge in [-0.2, -0.15) is 8.42 Å². The number of hydrogen-bond donors (Lipinski definition) is 0. The average Bonchev–Trinajstić information content (AvgIpc) is 2.83. The van der Waals surface area contributed by atoms with Crippen LogP contribution in [0, 0.1) is 11.6 Å². The van der Waals surface area contributed by atoms with Gasteiger partial charge in [-0.1, -0.05) is 43.3 Å².